The van der Waals surface area contributed by atoms with E-state index < -0.39 is 21.7 Å². The molecule has 180 valence electrons. The van der Waals surface area contributed by atoms with Crippen LogP contribution < -0.4 is 19.5 Å². The first-order valence-corrected chi connectivity index (χ1v) is 11.7. The lowest BCUT2D eigenvalue weighted by molar-refractivity contribution is -0.126. The second kappa shape index (κ2) is 10.3. The standard InChI is InChI=1S/C22H26F2N2O6S/c1-30-19-10-14(11-20(31-2)21(19)32-3)13-25-22(27)15-6-8-26(9-7-15)33(28,29)16-4-5-17(23)18(24)12-16/h4-5,10-12,15H,6-9,13H2,1-3H3,(H,25,27). The van der Waals surface area contributed by atoms with Crippen LogP contribution in [0, 0.1) is 17.6 Å². The molecule has 0 bridgehead atoms. The van der Waals surface area contributed by atoms with E-state index in [9.17, 15) is 22.0 Å². The highest BCUT2D eigenvalue weighted by molar-refractivity contribution is 7.89. The van der Waals surface area contributed by atoms with Crippen molar-refractivity contribution >= 4 is 15.9 Å². The molecule has 33 heavy (non-hydrogen) atoms. The van der Waals surface area contributed by atoms with Gasteiger partial charge in [-0.05, 0) is 48.7 Å². The third kappa shape index (κ3) is 5.36. The predicted molar refractivity (Wildman–Crippen MR) is 116 cm³/mol. The molecule has 1 saturated heterocycles. The number of amides is 1. The fourth-order valence-corrected chi connectivity index (χ4v) is 5.20. The van der Waals surface area contributed by atoms with Gasteiger partial charge in [0.15, 0.2) is 23.1 Å². The summed E-state index contributed by atoms with van der Waals surface area (Å²) in [4.78, 5) is 12.3. The first kappa shape index (κ1) is 24.7. The van der Waals surface area contributed by atoms with Crippen molar-refractivity contribution in [2.45, 2.75) is 24.3 Å². The van der Waals surface area contributed by atoms with E-state index in [0.717, 1.165) is 17.7 Å². The number of nitrogens with one attached hydrogen (secondary N) is 1. The summed E-state index contributed by atoms with van der Waals surface area (Å²) in [6, 6.07) is 5.95. The Morgan fingerprint density at radius 1 is 1.00 bits per heavy atom. The Kier molecular flexibility index (Phi) is 7.75. The monoisotopic (exact) mass is 484 g/mol. The highest BCUT2D eigenvalue weighted by Crippen LogP contribution is 2.38. The molecule has 0 radical (unpaired) electrons. The summed E-state index contributed by atoms with van der Waals surface area (Å²) in [7, 11) is 0.532. The molecule has 8 nitrogen and oxygen atoms in total. The number of hydrogen-bond acceptors (Lipinski definition) is 6. The van der Waals surface area contributed by atoms with Gasteiger partial charge in [0.2, 0.25) is 21.7 Å². The zero-order valence-corrected chi connectivity index (χ0v) is 19.4. The number of nitrogens with zero attached hydrogens (tertiary/aromatic N) is 1. The van der Waals surface area contributed by atoms with Gasteiger partial charge in [-0.1, -0.05) is 0 Å². The lowest BCUT2D eigenvalue weighted by Gasteiger charge is -2.30. The predicted octanol–water partition coefficient (Wildman–Crippen LogP) is 2.71. The molecular weight excluding hydrogens is 458 g/mol. The Labute approximate surface area is 191 Å². The van der Waals surface area contributed by atoms with Crippen LogP contribution in [-0.4, -0.2) is 53.0 Å². The number of benzene rings is 2. The maximum absolute atomic E-state index is 13.5. The quantitative estimate of drug-likeness (QED) is 0.619. The van der Waals surface area contributed by atoms with E-state index >= 15 is 0 Å². The number of piperidine rings is 1. The van der Waals surface area contributed by atoms with E-state index in [1.54, 1.807) is 12.1 Å². The van der Waals surface area contributed by atoms with Crippen LogP contribution in [-0.2, 0) is 21.4 Å². The van der Waals surface area contributed by atoms with Crippen molar-refractivity contribution in [2.24, 2.45) is 5.92 Å². The van der Waals surface area contributed by atoms with Crippen LogP contribution in [0.4, 0.5) is 8.78 Å². The number of hydrogen-bond donors (Lipinski definition) is 1. The largest absolute Gasteiger partial charge is 0.493 e. The van der Waals surface area contributed by atoms with Crippen molar-refractivity contribution in [3.63, 3.8) is 0 Å². The van der Waals surface area contributed by atoms with Crippen molar-refractivity contribution in [1.29, 1.82) is 0 Å². The van der Waals surface area contributed by atoms with Gasteiger partial charge in [0.1, 0.15) is 0 Å². The second-order valence-corrected chi connectivity index (χ2v) is 9.44. The summed E-state index contributed by atoms with van der Waals surface area (Å²) < 4.78 is 69.1. The highest BCUT2D eigenvalue weighted by atomic mass is 32.2. The Morgan fingerprint density at radius 2 is 1.61 bits per heavy atom. The third-order valence-electron chi connectivity index (χ3n) is 5.54. The van der Waals surface area contributed by atoms with E-state index in [-0.39, 0.29) is 36.4 Å². The van der Waals surface area contributed by atoms with Crippen LogP contribution in [0.1, 0.15) is 18.4 Å². The molecular formula is C22H26F2N2O6S. The van der Waals surface area contributed by atoms with Gasteiger partial charge in [-0.3, -0.25) is 4.79 Å². The van der Waals surface area contributed by atoms with Crippen LogP contribution in [0.25, 0.3) is 0 Å². The summed E-state index contributed by atoms with van der Waals surface area (Å²) in [6.45, 7) is 0.427. The van der Waals surface area contributed by atoms with Crippen molar-refractivity contribution < 1.29 is 36.2 Å². The summed E-state index contributed by atoms with van der Waals surface area (Å²) in [5.41, 5.74) is 0.746. The van der Waals surface area contributed by atoms with Gasteiger partial charge < -0.3 is 19.5 Å². The molecule has 1 heterocycles. The summed E-state index contributed by atoms with van der Waals surface area (Å²) in [5.74, 6) is -1.52. The number of carbonyl (C=O) groups is 1. The van der Waals surface area contributed by atoms with Crippen molar-refractivity contribution in [2.75, 3.05) is 34.4 Å². The molecule has 1 amide bonds. The lowest BCUT2D eigenvalue weighted by atomic mass is 9.97. The molecule has 11 heteroatoms. The first-order chi connectivity index (χ1) is 15.7. The molecule has 0 aromatic heterocycles. The second-order valence-electron chi connectivity index (χ2n) is 7.51. The zero-order valence-electron chi connectivity index (χ0n) is 18.6. The Hall–Kier alpha value is -2.92. The van der Waals surface area contributed by atoms with Gasteiger partial charge in [-0.15, -0.1) is 0 Å². The first-order valence-electron chi connectivity index (χ1n) is 10.2. The normalized spacial score (nSPS) is 15.2. The van der Waals surface area contributed by atoms with E-state index in [0.29, 0.717) is 36.2 Å². The fraction of sp³-hybridized carbons (Fsp3) is 0.409. The number of ether oxygens (including phenoxy) is 3. The average molecular weight is 485 g/mol. The van der Waals surface area contributed by atoms with Crippen molar-refractivity contribution in [1.82, 2.24) is 9.62 Å². The zero-order chi connectivity index (χ0) is 24.2. The van der Waals surface area contributed by atoms with Crippen LogP contribution >= 0.6 is 0 Å². The van der Waals surface area contributed by atoms with E-state index in [1.807, 2.05) is 0 Å². The van der Waals surface area contributed by atoms with Gasteiger partial charge in [0, 0.05) is 25.6 Å². The van der Waals surface area contributed by atoms with Gasteiger partial charge in [-0.2, -0.15) is 4.31 Å². The minimum absolute atomic E-state index is 0.101. The molecule has 1 aliphatic rings. The molecule has 1 N–H and O–H groups in total. The van der Waals surface area contributed by atoms with Gasteiger partial charge in [-0.25, -0.2) is 17.2 Å². The maximum Gasteiger partial charge on any atom is 0.243 e. The number of rotatable bonds is 8. The molecule has 1 fully saturated rings. The smallest absolute Gasteiger partial charge is 0.243 e. The summed E-state index contributed by atoms with van der Waals surface area (Å²) in [5, 5.41) is 2.86. The molecule has 0 aliphatic carbocycles. The number of sulfonamides is 1. The summed E-state index contributed by atoms with van der Waals surface area (Å²) in [6.07, 6.45) is 0.619. The molecule has 3 rings (SSSR count). The summed E-state index contributed by atoms with van der Waals surface area (Å²) >= 11 is 0. The van der Waals surface area contributed by atoms with E-state index in [4.69, 9.17) is 14.2 Å². The Bertz CT molecular complexity index is 1090. The molecule has 2 aromatic rings. The third-order valence-corrected chi connectivity index (χ3v) is 7.44. The molecule has 0 saturated carbocycles. The molecule has 0 spiro atoms. The SMILES string of the molecule is COc1cc(CNC(=O)C2CCN(S(=O)(=O)c3ccc(F)c(F)c3)CC2)cc(OC)c1OC. The molecule has 0 unspecified atom stereocenters. The number of methoxy groups -OCH3 is 3. The topological polar surface area (TPSA) is 94.2 Å². The van der Waals surface area contributed by atoms with Crippen LogP contribution in [0.2, 0.25) is 0 Å². The van der Waals surface area contributed by atoms with Crippen LogP contribution in [0.5, 0.6) is 17.2 Å². The minimum Gasteiger partial charge on any atom is -0.493 e. The number of carbonyl (C=O) groups excluding carboxylic acids is 1. The van der Waals surface area contributed by atoms with Crippen molar-refractivity contribution in [3.05, 3.63) is 47.5 Å². The minimum atomic E-state index is -3.97. The maximum atomic E-state index is 13.5. The molecule has 0 atom stereocenters. The van der Waals surface area contributed by atoms with Gasteiger partial charge in [0.05, 0.1) is 26.2 Å². The number of halogens is 2. The molecule has 1 aliphatic heterocycles. The van der Waals surface area contributed by atoms with Crippen LogP contribution in [0.3, 0.4) is 0 Å². The average Bonchev–Trinajstić information content (AvgIpc) is 2.83. The van der Waals surface area contributed by atoms with Crippen molar-refractivity contribution in [3.8, 4) is 17.2 Å². The van der Waals surface area contributed by atoms with E-state index in [2.05, 4.69) is 5.32 Å². The van der Waals surface area contributed by atoms with Gasteiger partial charge >= 0.3 is 0 Å². The fourth-order valence-electron chi connectivity index (χ4n) is 3.72. The van der Waals surface area contributed by atoms with Gasteiger partial charge in [0.25, 0.3) is 0 Å². The lowest BCUT2D eigenvalue weighted by Crippen LogP contribution is -2.42. The molecule has 2 aromatic carbocycles. The van der Waals surface area contributed by atoms with E-state index in [1.165, 1.54) is 25.6 Å². The van der Waals surface area contributed by atoms with Crippen LogP contribution in [0.15, 0.2) is 35.2 Å². The highest BCUT2D eigenvalue weighted by Gasteiger charge is 2.32. The Morgan fingerprint density at radius 3 is 2.12 bits per heavy atom. The Balaban J connectivity index is 1.60.